The molecular formula is C13H22F5NO. The zero-order valence-electron chi connectivity index (χ0n) is 11.6. The average molecular weight is 303 g/mol. The van der Waals surface area contributed by atoms with Crippen LogP contribution in [0.2, 0.25) is 0 Å². The Morgan fingerprint density at radius 1 is 1.10 bits per heavy atom. The molecule has 0 aromatic carbocycles. The SMILES string of the molecule is CCNC(COCC(F)(F)C(F)(F)F)C1CCCCC1. The molecule has 120 valence electrons. The first-order chi connectivity index (χ1) is 9.28. The van der Waals surface area contributed by atoms with E-state index >= 15 is 0 Å². The molecule has 1 aliphatic carbocycles. The number of alkyl halides is 5. The lowest BCUT2D eigenvalue weighted by Crippen LogP contribution is -2.44. The maximum atomic E-state index is 12.7. The number of hydrogen-bond donors (Lipinski definition) is 1. The molecule has 0 aromatic rings. The molecule has 0 amide bonds. The first kappa shape index (κ1) is 17.6. The molecule has 1 atom stereocenters. The first-order valence-corrected chi connectivity index (χ1v) is 7.03. The van der Waals surface area contributed by atoms with E-state index in [4.69, 9.17) is 0 Å². The number of ether oxygens (including phenoxy) is 1. The third-order valence-corrected chi connectivity index (χ3v) is 3.68. The topological polar surface area (TPSA) is 21.3 Å². The van der Waals surface area contributed by atoms with Crippen LogP contribution in [0.5, 0.6) is 0 Å². The molecule has 1 N–H and O–H groups in total. The van der Waals surface area contributed by atoms with Gasteiger partial charge in [-0.05, 0) is 25.3 Å². The van der Waals surface area contributed by atoms with Crippen molar-refractivity contribution in [3.8, 4) is 0 Å². The van der Waals surface area contributed by atoms with E-state index in [9.17, 15) is 22.0 Å². The summed E-state index contributed by atoms with van der Waals surface area (Å²) >= 11 is 0. The Balaban J connectivity index is 2.42. The van der Waals surface area contributed by atoms with Crippen LogP contribution in [-0.2, 0) is 4.74 Å². The molecule has 0 heterocycles. The highest BCUT2D eigenvalue weighted by atomic mass is 19.4. The number of hydrogen-bond acceptors (Lipinski definition) is 2. The number of rotatable bonds is 7. The van der Waals surface area contributed by atoms with Crippen LogP contribution in [0.4, 0.5) is 22.0 Å². The zero-order chi connectivity index (χ0) is 15.2. The summed E-state index contributed by atoms with van der Waals surface area (Å²) in [5, 5.41) is 3.13. The maximum absolute atomic E-state index is 12.7. The van der Waals surface area contributed by atoms with Crippen molar-refractivity contribution in [3.05, 3.63) is 0 Å². The summed E-state index contributed by atoms with van der Waals surface area (Å²) < 4.78 is 66.2. The quantitative estimate of drug-likeness (QED) is 0.723. The summed E-state index contributed by atoms with van der Waals surface area (Å²) in [4.78, 5) is 0. The molecule has 2 nitrogen and oxygen atoms in total. The van der Waals surface area contributed by atoms with Gasteiger partial charge in [-0.1, -0.05) is 26.2 Å². The monoisotopic (exact) mass is 303 g/mol. The van der Waals surface area contributed by atoms with Gasteiger partial charge in [0.1, 0.15) is 6.61 Å². The van der Waals surface area contributed by atoms with Crippen LogP contribution in [0.3, 0.4) is 0 Å². The smallest absolute Gasteiger partial charge is 0.373 e. The van der Waals surface area contributed by atoms with E-state index in [2.05, 4.69) is 10.1 Å². The highest BCUT2D eigenvalue weighted by Gasteiger charge is 2.57. The molecule has 7 heteroatoms. The van der Waals surface area contributed by atoms with E-state index in [1.165, 1.54) is 0 Å². The molecule has 0 aromatic heterocycles. The first-order valence-electron chi connectivity index (χ1n) is 7.03. The fraction of sp³-hybridized carbons (Fsp3) is 1.00. The predicted octanol–water partition coefficient (Wildman–Crippen LogP) is 3.76. The second-order valence-electron chi connectivity index (χ2n) is 5.28. The molecule has 0 bridgehead atoms. The molecule has 20 heavy (non-hydrogen) atoms. The van der Waals surface area contributed by atoms with Gasteiger partial charge < -0.3 is 10.1 Å². The van der Waals surface area contributed by atoms with E-state index in [0.717, 1.165) is 32.1 Å². The molecule has 0 aliphatic heterocycles. The van der Waals surface area contributed by atoms with Gasteiger partial charge in [0.2, 0.25) is 0 Å². The van der Waals surface area contributed by atoms with Crippen molar-refractivity contribution in [2.45, 2.75) is 57.2 Å². The summed E-state index contributed by atoms with van der Waals surface area (Å²) in [6, 6.07) is -0.149. The molecule has 1 rings (SSSR count). The minimum Gasteiger partial charge on any atom is -0.373 e. The van der Waals surface area contributed by atoms with Crippen molar-refractivity contribution in [3.63, 3.8) is 0 Å². The summed E-state index contributed by atoms with van der Waals surface area (Å²) in [7, 11) is 0. The third-order valence-electron chi connectivity index (χ3n) is 3.68. The van der Waals surface area contributed by atoms with E-state index in [1.54, 1.807) is 0 Å². The van der Waals surface area contributed by atoms with E-state index in [1.807, 2.05) is 6.92 Å². The van der Waals surface area contributed by atoms with Gasteiger partial charge in [0, 0.05) is 6.04 Å². The van der Waals surface area contributed by atoms with E-state index in [0.29, 0.717) is 12.5 Å². The molecule has 1 unspecified atom stereocenters. The van der Waals surface area contributed by atoms with Crippen molar-refractivity contribution in [1.82, 2.24) is 5.32 Å². The summed E-state index contributed by atoms with van der Waals surface area (Å²) in [6.07, 6.45) is -0.308. The number of halogens is 5. The Labute approximate surface area is 116 Å². The standard InChI is InChI=1S/C13H22F5NO/c1-2-19-11(10-6-4-3-5-7-10)8-20-9-12(14,15)13(16,17)18/h10-11,19H,2-9H2,1H3. The molecule has 0 spiro atoms. The van der Waals surface area contributed by atoms with Crippen LogP contribution in [-0.4, -0.2) is 37.9 Å². The summed E-state index contributed by atoms with van der Waals surface area (Å²) in [6.45, 7) is 0.801. The highest BCUT2D eigenvalue weighted by Crippen LogP contribution is 2.35. The van der Waals surface area contributed by atoms with Gasteiger partial charge in [0.25, 0.3) is 0 Å². The lowest BCUT2D eigenvalue weighted by Gasteiger charge is -2.31. The average Bonchev–Trinajstić information content (AvgIpc) is 2.37. The van der Waals surface area contributed by atoms with Crippen LogP contribution in [0.25, 0.3) is 0 Å². The highest BCUT2D eigenvalue weighted by molar-refractivity contribution is 4.80. The lowest BCUT2D eigenvalue weighted by atomic mass is 9.84. The minimum absolute atomic E-state index is 0.107. The van der Waals surface area contributed by atoms with Gasteiger partial charge in [0.05, 0.1) is 6.61 Å². The van der Waals surface area contributed by atoms with E-state index in [-0.39, 0.29) is 12.6 Å². The fourth-order valence-corrected chi connectivity index (χ4v) is 2.56. The van der Waals surface area contributed by atoms with Gasteiger partial charge in [0.15, 0.2) is 0 Å². The van der Waals surface area contributed by atoms with Crippen LogP contribution in [0.1, 0.15) is 39.0 Å². The van der Waals surface area contributed by atoms with Gasteiger partial charge >= 0.3 is 12.1 Å². The normalized spacial score (nSPS) is 20.1. The molecule has 1 aliphatic rings. The van der Waals surface area contributed by atoms with E-state index < -0.39 is 18.7 Å². The van der Waals surface area contributed by atoms with Crippen molar-refractivity contribution in [2.75, 3.05) is 19.8 Å². The van der Waals surface area contributed by atoms with Gasteiger partial charge in [-0.15, -0.1) is 0 Å². The Morgan fingerprint density at radius 2 is 1.70 bits per heavy atom. The Morgan fingerprint density at radius 3 is 2.20 bits per heavy atom. The Bertz CT molecular complexity index is 276. The Hall–Kier alpha value is -0.430. The van der Waals surface area contributed by atoms with Crippen LogP contribution < -0.4 is 5.32 Å². The second kappa shape index (κ2) is 7.54. The van der Waals surface area contributed by atoms with Crippen LogP contribution in [0.15, 0.2) is 0 Å². The van der Waals surface area contributed by atoms with Crippen molar-refractivity contribution in [2.24, 2.45) is 5.92 Å². The summed E-state index contributed by atoms with van der Waals surface area (Å²) in [5.41, 5.74) is 0. The van der Waals surface area contributed by atoms with Gasteiger partial charge in [-0.3, -0.25) is 0 Å². The van der Waals surface area contributed by atoms with Gasteiger partial charge in [-0.2, -0.15) is 22.0 Å². The number of likely N-dealkylation sites (N-methyl/N-ethyl adjacent to an activating group) is 1. The molecule has 0 radical (unpaired) electrons. The lowest BCUT2D eigenvalue weighted by molar-refractivity contribution is -0.297. The largest absolute Gasteiger partial charge is 0.455 e. The summed E-state index contributed by atoms with van der Waals surface area (Å²) in [5.74, 6) is -4.49. The second-order valence-corrected chi connectivity index (χ2v) is 5.28. The number of nitrogens with one attached hydrogen (secondary N) is 1. The molecule has 0 saturated heterocycles. The van der Waals surface area contributed by atoms with Crippen molar-refractivity contribution < 1.29 is 26.7 Å². The van der Waals surface area contributed by atoms with Gasteiger partial charge in [-0.25, -0.2) is 0 Å². The third kappa shape index (κ3) is 5.16. The molecule has 1 saturated carbocycles. The molecule has 1 fully saturated rings. The van der Waals surface area contributed by atoms with Crippen molar-refractivity contribution in [1.29, 1.82) is 0 Å². The van der Waals surface area contributed by atoms with Crippen LogP contribution in [0, 0.1) is 5.92 Å². The minimum atomic E-state index is -5.55. The predicted molar refractivity (Wildman–Crippen MR) is 65.9 cm³/mol. The zero-order valence-corrected chi connectivity index (χ0v) is 11.6. The van der Waals surface area contributed by atoms with Crippen LogP contribution >= 0.6 is 0 Å². The fourth-order valence-electron chi connectivity index (χ4n) is 2.56. The Kier molecular flexibility index (Phi) is 6.64. The van der Waals surface area contributed by atoms with Crippen molar-refractivity contribution >= 4 is 0 Å². The maximum Gasteiger partial charge on any atom is 0.455 e. The molecular weight excluding hydrogens is 281 g/mol.